The van der Waals surface area contributed by atoms with Crippen molar-refractivity contribution in [3.05, 3.63) is 83.0 Å². The number of amides is 2. The Morgan fingerprint density at radius 2 is 1.74 bits per heavy atom. The summed E-state index contributed by atoms with van der Waals surface area (Å²) in [5.74, 6) is 1.09. The molecule has 2 aliphatic rings. The van der Waals surface area contributed by atoms with Gasteiger partial charge in [-0.05, 0) is 53.9 Å². The summed E-state index contributed by atoms with van der Waals surface area (Å²) in [6, 6.07) is 19.4. The number of piperidine rings is 1. The standard InChI is InChI=1S/C26H24N4O4S/c31-25-22(35-26(32)29-25)14-18-6-8-20(9-7-18)33-23-15-24(28-17-27-23)34-21-10-12-30(13-11-21)16-19-4-2-1-3-5-19/h1-9,14-15,17,21H,10-13,16H2,(H,29,31,32)/b22-14-. The molecule has 0 atom stereocenters. The number of aromatic nitrogens is 2. The average molecular weight is 489 g/mol. The van der Waals surface area contributed by atoms with Gasteiger partial charge in [-0.25, -0.2) is 9.97 Å². The SMILES string of the molecule is O=C1NC(=O)/C(=C/c2ccc(Oc3cc(OC4CCN(Cc5ccccc5)CC4)ncn3)cc2)S1. The van der Waals surface area contributed by atoms with Crippen LogP contribution in [0.2, 0.25) is 0 Å². The third kappa shape index (κ3) is 6.26. The van der Waals surface area contributed by atoms with E-state index in [9.17, 15) is 9.59 Å². The van der Waals surface area contributed by atoms with Crippen LogP contribution in [0.15, 0.2) is 71.9 Å². The fourth-order valence-electron chi connectivity index (χ4n) is 3.97. The molecule has 0 saturated carbocycles. The second kappa shape index (κ2) is 10.7. The lowest BCUT2D eigenvalue weighted by Gasteiger charge is -2.31. The second-order valence-electron chi connectivity index (χ2n) is 8.30. The van der Waals surface area contributed by atoms with Crippen molar-refractivity contribution in [3.8, 4) is 17.5 Å². The fourth-order valence-corrected chi connectivity index (χ4v) is 4.65. The molecule has 9 heteroatoms. The fraction of sp³-hybridized carbons (Fsp3) is 0.231. The molecule has 2 amide bonds. The van der Waals surface area contributed by atoms with Crippen LogP contribution in [0, 0.1) is 0 Å². The second-order valence-corrected chi connectivity index (χ2v) is 9.31. The molecule has 0 radical (unpaired) electrons. The van der Waals surface area contributed by atoms with Crippen molar-refractivity contribution < 1.29 is 19.1 Å². The van der Waals surface area contributed by atoms with Gasteiger partial charge in [-0.2, -0.15) is 0 Å². The Hall–Kier alpha value is -3.69. The van der Waals surface area contributed by atoms with Gasteiger partial charge in [0.05, 0.1) is 11.0 Å². The number of likely N-dealkylation sites (tertiary alicyclic amines) is 1. The molecule has 3 heterocycles. The zero-order valence-corrected chi connectivity index (χ0v) is 19.7. The molecular weight excluding hydrogens is 464 g/mol. The summed E-state index contributed by atoms with van der Waals surface area (Å²) in [6.45, 7) is 2.91. The van der Waals surface area contributed by atoms with Crippen LogP contribution in [0.1, 0.15) is 24.0 Å². The van der Waals surface area contributed by atoms with E-state index in [1.165, 1.54) is 11.9 Å². The zero-order chi connectivity index (χ0) is 24.0. The van der Waals surface area contributed by atoms with E-state index < -0.39 is 0 Å². The number of imide groups is 1. The molecule has 0 aliphatic carbocycles. The normalized spacial score (nSPS) is 18.0. The number of thioether (sulfide) groups is 1. The van der Waals surface area contributed by atoms with Gasteiger partial charge in [0.2, 0.25) is 11.8 Å². The highest BCUT2D eigenvalue weighted by Gasteiger charge is 2.25. The van der Waals surface area contributed by atoms with E-state index in [0.29, 0.717) is 22.4 Å². The van der Waals surface area contributed by atoms with Crippen molar-refractivity contribution in [1.82, 2.24) is 20.2 Å². The summed E-state index contributed by atoms with van der Waals surface area (Å²) in [5, 5.41) is 1.88. The summed E-state index contributed by atoms with van der Waals surface area (Å²) in [5.41, 5.74) is 2.11. The van der Waals surface area contributed by atoms with E-state index in [-0.39, 0.29) is 17.3 Å². The van der Waals surface area contributed by atoms with E-state index in [1.54, 1.807) is 36.4 Å². The average Bonchev–Trinajstić information content (AvgIpc) is 3.19. The molecule has 5 rings (SSSR count). The molecule has 2 aliphatic heterocycles. The first kappa shape index (κ1) is 23.1. The van der Waals surface area contributed by atoms with E-state index in [2.05, 4.69) is 44.5 Å². The molecule has 1 aromatic heterocycles. The Labute approximate surface area is 207 Å². The Balaban J connectivity index is 1.14. The van der Waals surface area contributed by atoms with Crippen LogP contribution in [0.3, 0.4) is 0 Å². The number of rotatable bonds is 7. The molecule has 3 aromatic rings. The minimum Gasteiger partial charge on any atom is -0.474 e. The molecule has 8 nitrogen and oxygen atoms in total. The van der Waals surface area contributed by atoms with Crippen molar-refractivity contribution in [2.75, 3.05) is 13.1 Å². The lowest BCUT2D eigenvalue weighted by molar-refractivity contribution is -0.115. The number of hydrogen-bond donors (Lipinski definition) is 1. The zero-order valence-electron chi connectivity index (χ0n) is 18.9. The summed E-state index contributed by atoms with van der Waals surface area (Å²) >= 11 is 0.888. The van der Waals surface area contributed by atoms with Crippen molar-refractivity contribution in [1.29, 1.82) is 0 Å². The van der Waals surface area contributed by atoms with E-state index in [0.717, 1.165) is 49.8 Å². The highest BCUT2D eigenvalue weighted by Crippen LogP contribution is 2.28. The van der Waals surface area contributed by atoms with E-state index in [4.69, 9.17) is 9.47 Å². The van der Waals surface area contributed by atoms with E-state index in [1.807, 2.05) is 6.07 Å². The van der Waals surface area contributed by atoms with Gasteiger partial charge in [0.15, 0.2) is 0 Å². The van der Waals surface area contributed by atoms with Crippen LogP contribution in [0.4, 0.5) is 4.79 Å². The summed E-state index contributed by atoms with van der Waals surface area (Å²) < 4.78 is 12.0. The molecular formula is C26H24N4O4S. The van der Waals surface area contributed by atoms with Gasteiger partial charge in [0, 0.05) is 19.6 Å². The number of hydrogen-bond acceptors (Lipinski definition) is 8. The predicted octanol–water partition coefficient (Wildman–Crippen LogP) is 4.64. The minimum absolute atomic E-state index is 0.106. The van der Waals surface area contributed by atoms with Crippen LogP contribution in [0.5, 0.6) is 17.5 Å². The first-order chi connectivity index (χ1) is 17.1. The van der Waals surface area contributed by atoms with E-state index >= 15 is 0 Å². The maximum atomic E-state index is 11.7. The van der Waals surface area contributed by atoms with Crippen molar-refractivity contribution in [3.63, 3.8) is 0 Å². The highest BCUT2D eigenvalue weighted by atomic mass is 32.2. The number of nitrogens with zero attached hydrogens (tertiary/aromatic N) is 3. The maximum absolute atomic E-state index is 11.7. The highest BCUT2D eigenvalue weighted by molar-refractivity contribution is 8.18. The van der Waals surface area contributed by atoms with Gasteiger partial charge in [-0.3, -0.25) is 19.8 Å². The summed E-state index contributed by atoms with van der Waals surface area (Å²) in [4.78, 5) is 34.2. The third-order valence-electron chi connectivity index (χ3n) is 5.73. The molecule has 0 spiro atoms. The van der Waals surface area contributed by atoms with Gasteiger partial charge >= 0.3 is 0 Å². The Morgan fingerprint density at radius 1 is 1.00 bits per heavy atom. The smallest absolute Gasteiger partial charge is 0.290 e. The van der Waals surface area contributed by atoms with Gasteiger partial charge in [0.1, 0.15) is 18.2 Å². The molecule has 0 bridgehead atoms. The Morgan fingerprint density at radius 3 is 2.46 bits per heavy atom. The van der Waals surface area contributed by atoms with Crippen molar-refractivity contribution >= 4 is 29.0 Å². The van der Waals surface area contributed by atoms with Gasteiger partial charge < -0.3 is 9.47 Å². The van der Waals surface area contributed by atoms with Crippen molar-refractivity contribution in [2.24, 2.45) is 0 Å². The monoisotopic (exact) mass is 488 g/mol. The maximum Gasteiger partial charge on any atom is 0.290 e. The van der Waals surface area contributed by atoms with Gasteiger partial charge in [0.25, 0.3) is 11.1 Å². The summed E-state index contributed by atoms with van der Waals surface area (Å²) in [7, 11) is 0. The Kier molecular flexibility index (Phi) is 7.06. The van der Waals surface area contributed by atoms with Crippen molar-refractivity contribution in [2.45, 2.75) is 25.5 Å². The molecule has 1 N–H and O–H groups in total. The lowest BCUT2D eigenvalue weighted by Crippen LogP contribution is -2.37. The molecule has 35 heavy (non-hydrogen) atoms. The topological polar surface area (TPSA) is 93.7 Å². The van der Waals surface area contributed by atoms with Gasteiger partial charge in [-0.1, -0.05) is 42.5 Å². The minimum atomic E-state index is -0.379. The summed E-state index contributed by atoms with van der Waals surface area (Å²) in [6.07, 6.45) is 5.07. The lowest BCUT2D eigenvalue weighted by atomic mass is 10.1. The number of ether oxygens (including phenoxy) is 2. The first-order valence-electron chi connectivity index (χ1n) is 11.4. The van der Waals surface area contributed by atoms with Crippen LogP contribution in [-0.4, -0.2) is 45.2 Å². The third-order valence-corrected chi connectivity index (χ3v) is 6.54. The Bertz CT molecular complexity index is 1230. The van der Waals surface area contributed by atoms with Gasteiger partial charge in [-0.15, -0.1) is 0 Å². The van der Waals surface area contributed by atoms with Crippen LogP contribution in [-0.2, 0) is 11.3 Å². The van der Waals surface area contributed by atoms with Crippen LogP contribution >= 0.6 is 11.8 Å². The number of nitrogens with one attached hydrogen (secondary N) is 1. The molecule has 0 unspecified atom stereocenters. The van der Waals surface area contributed by atoms with Crippen LogP contribution < -0.4 is 14.8 Å². The number of carbonyl (C=O) groups excluding carboxylic acids is 2. The molecule has 2 fully saturated rings. The number of benzene rings is 2. The molecule has 2 aromatic carbocycles. The largest absolute Gasteiger partial charge is 0.474 e. The molecule has 2 saturated heterocycles. The number of carbonyl (C=O) groups is 2. The predicted molar refractivity (Wildman–Crippen MR) is 133 cm³/mol. The first-order valence-corrected chi connectivity index (χ1v) is 12.2. The molecule has 178 valence electrons. The quantitative estimate of drug-likeness (QED) is 0.481. The van der Waals surface area contributed by atoms with Crippen LogP contribution in [0.25, 0.3) is 6.08 Å².